The second-order valence-electron chi connectivity index (χ2n) is 6.36. The van der Waals surface area contributed by atoms with Gasteiger partial charge < -0.3 is 10.1 Å². The van der Waals surface area contributed by atoms with Crippen LogP contribution >= 0.6 is 23.1 Å². The summed E-state index contributed by atoms with van der Waals surface area (Å²) in [5.74, 6) is 0.752. The topological polar surface area (TPSA) is 51.2 Å². The van der Waals surface area contributed by atoms with Gasteiger partial charge in [-0.15, -0.1) is 23.1 Å². The van der Waals surface area contributed by atoms with Crippen molar-refractivity contribution in [2.45, 2.75) is 24.1 Å². The highest BCUT2D eigenvalue weighted by Crippen LogP contribution is 2.35. The Balaban J connectivity index is 1.59. The second-order valence-corrected chi connectivity index (χ2v) is 8.55. The molecule has 0 radical (unpaired) electrons. The number of ether oxygens (including phenoxy) is 1. The number of aromatic nitrogens is 1. The summed E-state index contributed by atoms with van der Waals surface area (Å²) in [6.45, 7) is 1.66. The molecule has 0 aliphatic carbocycles. The van der Waals surface area contributed by atoms with E-state index in [1.165, 1.54) is 41.3 Å². The molecule has 4 nitrogen and oxygen atoms in total. The smallest absolute Gasteiger partial charge is 0.418 e. The third kappa shape index (κ3) is 5.54. The lowest BCUT2D eigenvalue weighted by molar-refractivity contribution is -0.137. The zero-order valence-corrected chi connectivity index (χ0v) is 17.8. The van der Waals surface area contributed by atoms with Gasteiger partial charge in [0.15, 0.2) is 0 Å². The van der Waals surface area contributed by atoms with Gasteiger partial charge in [-0.05, 0) is 43.3 Å². The molecule has 1 heterocycles. The molecule has 0 fully saturated rings. The molecule has 30 heavy (non-hydrogen) atoms. The van der Waals surface area contributed by atoms with E-state index in [2.05, 4.69) is 10.3 Å². The number of nitrogens with one attached hydrogen (secondary N) is 1. The number of hydrogen-bond donors (Lipinski definition) is 1. The maximum atomic E-state index is 13.1. The third-order valence-electron chi connectivity index (χ3n) is 4.23. The van der Waals surface area contributed by atoms with E-state index in [-0.39, 0.29) is 5.69 Å². The van der Waals surface area contributed by atoms with Crippen LogP contribution in [0.15, 0.2) is 53.9 Å². The van der Waals surface area contributed by atoms with Crippen LogP contribution in [0.4, 0.5) is 18.9 Å². The van der Waals surface area contributed by atoms with Crippen LogP contribution in [-0.4, -0.2) is 23.3 Å². The lowest BCUT2D eigenvalue weighted by Crippen LogP contribution is -2.24. The average molecular weight is 453 g/mol. The minimum atomic E-state index is -4.53. The lowest BCUT2D eigenvalue weighted by atomic mass is 10.1. The van der Waals surface area contributed by atoms with E-state index in [9.17, 15) is 18.0 Å². The summed E-state index contributed by atoms with van der Waals surface area (Å²) in [6, 6.07) is 12.5. The van der Waals surface area contributed by atoms with Crippen molar-refractivity contribution < 1.29 is 22.7 Å². The predicted octanol–water partition coefficient (Wildman–Crippen LogP) is 6.10. The van der Waals surface area contributed by atoms with Crippen LogP contribution in [0.2, 0.25) is 0 Å². The van der Waals surface area contributed by atoms with Crippen molar-refractivity contribution >= 4 is 34.7 Å². The molecule has 1 N–H and O–H groups in total. The largest absolute Gasteiger partial charge is 0.497 e. The molecule has 0 aliphatic heterocycles. The van der Waals surface area contributed by atoms with E-state index in [1.54, 1.807) is 14.0 Å². The van der Waals surface area contributed by atoms with Gasteiger partial charge in [-0.3, -0.25) is 4.79 Å². The number of hydrogen-bond acceptors (Lipinski definition) is 5. The van der Waals surface area contributed by atoms with Gasteiger partial charge in [-0.2, -0.15) is 13.2 Å². The standard InChI is InChI=1S/C21H19F3N2O2S2/c1-13(19(27)26-18-6-4-3-5-17(18)21(22,23)24)29-11-15-12-30-20(25-15)14-7-9-16(28-2)10-8-14/h3-10,12-13H,11H2,1-2H3,(H,26,27). The molecular formula is C21H19F3N2O2S2. The normalized spacial score (nSPS) is 12.4. The van der Waals surface area contributed by atoms with Gasteiger partial charge in [0.2, 0.25) is 5.91 Å². The van der Waals surface area contributed by atoms with Gasteiger partial charge in [0.25, 0.3) is 0 Å². The van der Waals surface area contributed by atoms with Gasteiger partial charge in [0, 0.05) is 16.7 Å². The highest BCUT2D eigenvalue weighted by atomic mass is 32.2. The molecule has 3 rings (SSSR count). The first-order valence-corrected chi connectivity index (χ1v) is 10.9. The summed E-state index contributed by atoms with van der Waals surface area (Å²) >= 11 is 2.81. The van der Waals surface area contributed by atoms with Crippen LogP contribution in [0.3, 0.4) is 0 Å². The van der Waals surface area contributed by atoms with E-state index in [0.29, 0.717) is 5.75 Å². The Morgan fingerprint density at radius 3 is 2.57 bits per heavy atom. The summed E-state index contributed by atoms with van der Waals surface area (Å²) < 4.78 is 44.4. The van der Waals surface area contributed by atoms with Crippen molar-refractivity contribution in [1.82, 2.24) is 4.98 Å². The monoisotopic (exact) mass is 452 g/mol. The molecule has 0 saturated carbocycles. The van der Waals surface area contributed by atoms with Gasteiger partial charge in [0.1, 0.15) is 10.8 Å². The molecule has 1 unspecified atom stereocenters. The van der Waals surface area contributed by atoms with Crippen molar-refractivity contribution in [2.24, 2.45) is 0 Å². The lowest BCUT2D eigenvalue weighted by Gasteiger charge is -2.16. The Kier molecular flexibility index (Phi) is 7.04. The fourth-order valence-electron chi connectivity index (χ4n) is 2.60. The number of thioether (sulfide) groups is 1. The molecule has 0 bridgehead atoms. The number of carbonyl (C=O) groups is 1. The predicted molar refractivity (Wildman–Crippen MR) is 115 cm³/mol. The van der Waals surface area contributed by atoms with Gasteiger partial charge in [-0.25, -0.2) is 4.98 Å². The Labute approximate surface area is 180 Å². The summed E-state index contributed by atoms with van der Waals surface area (Å²) in [6.07, 6.45) is -4.53. The highest BCUT2D eigenvalue weighted by molar-refractivity contribution is 7.99. The van der Waals surface area contributed by atoms with Gasteiger partial charge >= 0.3 is 6.18 Å². The number of para-hydroxylation sites is 1. The van der Waals surface area contributed by atoms with Gasteiger partial charge in [-0.1, -0.05) is 12.1 Å². The van der Waals surface area contributed by atoms with Crippen LogP contribution in [0.5, 0.6) is 5.75 Å². The number of amides is 1. The molecular weight excluding hydrogens is 433 g/mol. The number of methoxy groups -OCH3 is 1. The molecule has 0 spiro atoms. The van der Waals surface area contributed by atoms with Crippen LogP contribution in [-0.2, 0) is 16.7 Å². The third-order valence-corrected chi connectivity index (χ3v) is 6.35. The average Bonchev–Trinajstić information content (AvgIpc) is 3.20. The quantitative estimate of drug-likeness (QED) is 0.471. The molecule has 1 aromatic heterocycles. The molecule has 3 aromatic rings. The van der Waals surface area contributed by atoms with Crippen LogP contribution < -0.4 is 10.1 Å². The van der Waals surface area contributed by atoms with Crippen LogP contribution in [0.25, 0.3) is 10.6 Å². The van der Waals surface area contributed by atoms with Crippen molar-refractivity contribution in [3.63, 3.8) is 0 Å². The fourth-order valence-corrected chi connectivity index (χ4v) is 4.31. The van der Waals surface area contributed by atoms with Crippen molar-refractivity contribution in [3.8, 4) is 16.3 Å². The number of rotatable bonds is 7. The molecule has 9 heteroatoms. The molecule has 0 saturated heterocycles. The van der Waals surface area contributed by atoms with Gasteiger partial charge in [0.05, 0.1) is 29.3 Å². The Hall–Kier alpha value is -2.52. The molecule has 1 atom stereocenters. The number of benzene rings is 2. The first-order chi connectivity index (χ1) is 14.3. The second kappa shape index (κ2) is 9.53. The Bertz CT molecular complexity index is 1000. The number of anilines is 1. The summed E-state index contributed by atoms with van der Waals surface area (Å²) in [4.78, 5) is 16.9. The number of alkyl halides is 3. The van der Waals surface area contributed by atoms with E-state index < -0.39 is 22.9 Å². The van der Waals surface area contributed by atoms with Crippen molar-refractivity contribution in [3.05, 3.63) is 65.2 Å². The van der Waals surface area contributed by atoms with E-state index in [0.717, 1.165) is 28.1 Å². The van der Waals surface area contributed by atoms with Crippen LogP contribution in [0, 0.1) is 0 Å². The molecule has 1 amide bonds. The highest BCUT2D eigenvalue weighted by Gasteiger charge is 2.33. The Morgan fingerprint density at radius 2 is 1.90 bits per heavy atom. The van der Waals surface area contributed by atoms with E-state index >= 15 is 0 Å². The Morgan fingerprint density at radius 1 is 1.20 bits per heavy atom. The molecule has 158 valence electrons. The van der Waals surface area contributed by atoms with E-state index in [1.807, 2.05) is 29.6 Å². The maximum absolute atomic E-state index is 13.1. The minimum Gasteiger partial charge on any atom is -0.497 e. The summed E-state index contributed by atoms with van der Waals surface area (Å²) in [7, 11) is 1.60. The summed E-state index contributed by atoms with van der Waals surface area (Å²) in [5.41, 5.74) is 0.676. The fraction of sp³-hybridized carbons (Fsp3) is 0.238. The zero-order valence-electron chi connectivity index (χ0n) is 16.2. The molecule has 0 aliphatic rings. The SMILES string of the molecule is COc1ccc(-c2nc(CSC(C)C(=O)Nc3ccccc3C(F)(F)F)cs2)cc1. The minimum absolute atomic E-state index is 0.238. The summed E-state index contributed by atoms with van der Waals surface area (Å²) in [5, 5.41) is 4.61. The molecule has 2 aromatic carbocycles. The van der Waals surface area contributed by atoms with Crippen LogP contribution in [0.1, 0.15) is 18.2 Å². The first kappa shape index (κ1) is 22.2. The zero-order chi connectivity index (χ0) is 21.7. The van der Waals surface area contributed by atoms with Crippen molar-refractivity contribution in [1.29, 1.82) is 0 Å². The number of thiazole rings is 1. The van der Waals surface area contributed by atoms with E-state index in [4.69, 9.17) is 4.74 Å². The number of halogens is 3. The number of nitrogens with zero attached hydrogens (tertiary/aromatic N) is 1. The van der Waals surface area contributed by atoms with Crippen molar-refractivity contribution in [2.75, 3.05) is 12.4 Å². The first-order valence-electron chi connectivity index (χ1n) is 8.95. The maximum Gasteiger partial charge on any atom is 0.418 e. The number of carbonyl (C=O) groups excluding carboxylic acids is 1.